The fourth-order valence-electron chi connectivity index (χ4n) is 1.99. The molecule has 0 saturated heterocycles. The summed E-state index contributed by atoms with van der Waals surface area (Å²) in [6, 6.07) is 13.9. The van der Waals surface area contributed by atoms with Gasteiger partial charge in [-0.3, -0.25) is 0 Å². The molecule has 0 saturated carbocycles. The van der Waals surface area contributed by atoms with Crippen LogP contribution in [0.4, 0.5) is 5.69 Å². The van der Waals surface area contributed by atoms with Gasteiger partial charge in [-0.05, 0) is 42.3 Å². The van der Waals surface area contributed by atoms with Crippen LogP contribution >= 0.6 is 0 Å². The minimum Gasteiger partial charge on any atom is -0.492 e. The zero-order valence-corrected chi connectivity index (χ0v) is 12.8. The summed E-state index contributed by atoms with van der Waals surface area (Å²) in [4.78, 5) is 0.268. The maximum Gasteiger partial charge on any atom is 0.181 e. The zero-order chi connectivity index (χ0) is 15.3. The summed E-state index contributed by atoms with van der Waals surface area (Å²) in [6.07, 6.45) is 0.848. The Bertz CT molecular complexity index is 694. The molecule has 4 nitrogen and oxygen atoms in total. The number of anilines is 1. The highest BCUT2D eigenvalue weighted by atomic mass is 32.2. The average molecular weight is 305 g/mol. The third kappa shape index (κ3) is 3.98. The zero-order valence-electron chi connectivity index (χ0n) is 12.0. The topological polar surface area (TPSA) is 69.4 Å². The number of nitrogen functional groups attached to an aromatic ring is 1. The molecule has 0 spiro atoms. The van der Waals surface area contributed by atoms with E-state index in [2.05, 4.69) is 0 Å². The van der Waals surface area contributed by atoms with E-state index in [0.29, 0.717) is 5.69 Å². The first kappa shape index (κ1) is 15.4. The van der Waals surface area contributed by atoms with Gasteiger partial charge in [-0.25, -0.2) is 8.42 Å². The van der Waals surface area contributed by atoms with Crippen molar-refractivity contribution < 1.29 is 13.2 Å². The first-order chi connectivity index (χ1) is 10.0. The first-order valence-corrected chi connectivity index (χ1v) is 8.47. The molecule has 0 fully saturated rings. The highest BCUT2D eigenvalue weighted by molar-refractivity contribution is 7.91. The van der Waals surface area contributed by atoms with Crippen molar-refractivity contribution in [3.8, 4) is 5.75 Å². The molecule has 2 N–H and O–H groups in total. The van der Waals surface area contributed by atoms with Gasteiger partial charge in [0.25, 0.3) is 0 Å². The van der Waals surface area contributed by atoms with Gasteiger partial charge >= 0.3 is 0 Å². The lowest BCUT2D eigenvalue weighted by atomic mass is 10.1. The molecular formula is C16H19NO3S. The fourth-order valence-corrected chi connectivity index (χ4v) is 3.08. The van der Waals surface area contributed by atoms with Crippen LogP contribution in [0.2, 0.25) is 0 Å². The Hall–Kier alpha value is -2.01. The van der Waals surface area contributed by atoms with Crippen molar-refractivity contribution in [2.45, 2.75) is 18.2 Å². The van der Waals surface area contributed by atoms with Crippen molar-refractivity contribution in [3.05, 3.63) is 54.1 Å². The number of rotatable bonds is 6. The Morgan fingerprint density at radius 1 is 1.05 bits per heavy atom. The van der Waals surface area contributed by atoms with E-state index in [-0.39, 0.29) is 17.3 Å². The monoisotopic (exact) mass is 305 g/mol. The number of ether oxygens (including phenoxy) is 1. The molecule has 0 bridgehead atoms. The Morgan fingerprint density at radius 3 is 2.38 bits per heavy atom. The Kier molecular flexibility index (Phi) is 4.85. The van der Waals surface area contributed by atoms with Gasteiger partial charge in [-0.2, -0.15) is 0 Å². The number of aryl methyl sites for hydroxylation is 1. The van der Waals surface area contributed by atoms with E-state index in [4.69, 9.17) is 10.5 Å². The summed E-state index contributed by atoms with van der Waals surface area (Å²) >= 11 is 0. The molecule has 21 heavy (non-hydrogen) atoms. The normalized spacial score (nSPS) is 11.3. The highest BCUT2D eigenvalue weighted by Crippen LogP contribution is 2.19. The van der Waals surface area contributed by atoms with Crippen LogP contribution in [0.25, 0.3) is 0 Å². The molecule has 0 aliphatic heterocycles. The van der Waals surface area contributed by atoms with E-state index in [9.17, 15) is 8.42 Å². The number of nitrogens with two attached hydrogens (primary N) is 1. The molecule has 2 aromatic carbocycles. The molecule has 0 aliphatic carbocycles. The van der Waals surface area contributed by atoms with Gasteiger partial charge in [0, 0.05) is 5.69 Å². The van der Waals surface area contributed by atoms with Crippen LogP contribution < -0.4 is 10.5 Å². The predicted octanol–water partition coefficient (Wildman–Crippen LogP) is 2.68. The van der Waals surface area contributed by atoms with Crippen LogP contribution in [-0.4, -0.2) is 20.8 Å². The van der Waals surface area contributed by atoms with E-state index in [0.717, 1.165) is 17.7 Å². The molecule has 0 atom stereocenters. The standard InChI is InChI=1S/C16H19NO3S/c1-2-13-5-3-4-6-16(13)20-11-12-21(18,19)15-9-7-14(17)8-10-15/h3-10H,2,11-12,17H2,1H3. The molecule has 0 radical (unpaired) electrons. The van der Waals surface area contributed by atoms with Gasteiger partial charge in [0.1, 0.15) is 12.4 Å². The Labute approximate surface area is 125 Å². The van der Waals surface area contributed by atoms with Crippen molar-refractivity contribution >= 4 is 15.5 Å². The molecular weight excluding hydrogens is 286 g/mol. The lowest BCUT2D eigenvalue weighted by Gasteiger charge is -2.10. The molecule has 112 valence electrons. The lowest BCUT2D eigenvalue weighted by molar-refractivity contribution is 0.337. The molecule has 5 heteroatoms. The van der Waals surface area contributed by atoms with E-state index in [1.807, 2.05) is 31.2 Å². The van der Waals surface area contributed by atoms with E-state index in [1.165, 1.54) is 12.1 Å². The van der Waals surface area contributed by atoms with Gasteiger partial charge in [0.15, 0.2) is 9.84 Å². The van der Waals surface area contributed by atoms with Gasteiger partial charge in [0.2, 0.25) is 0 Å². The molecule has 2 rings (SSSR count). The Morgan fingerprint density at radius 2 is 1.71 bits per heavy atom. The molecule has 2 aromatic rings. The van der Waals surface area contributed by atoms with E-state index in [1.54, 1.807) is 12.1 Å². The average Bonchev–Trinajstić information content (AvgIpc) is 2.48. The Balaban J connectivity index is 2.01. The van der Waals surface area contributed by atoms with Crippen LogP contribution in [0.1, 0.15) is 12.5 Å². The smallest absolute Gasteiger partial charge is 0.181 e. The van der Waals surface area contributed by atoms with Crippen LogP contribution in [0.15, 0.2) is 53.4 Å². The summed E-state index contributed by atoms with van der Waals surface area (Å²) < 4.78 is 29.9. The van der Waals surface area contributed by atoms with E-state index < -0.39 is 9.84 Å². The minimum atomic E-state index is -3.35. The van der Waals surface area contributed by atoms with Crippen molar-refractivity contribution in [2.75, 3.05) is 18.1 Å². The summed E-state index contributed by atoms with van der Waals surface area (Å²) in [5.41, 5.74) is 7.17. The van der Waals surface area contributed by atoms with Crippen LogP contribution in [0, 0.1) is 0 Å². The second-order valence-electron chi connectivity index (χ2n) is 4.70. The second kappa shape index (κ2) is 6.63. The van der Waals surface area contributed by atoms with Crippen molar-refractivity contribution in [1.29, 1.82) is 0 Å². The number of hydrogen-bond donors (Lipinski definition) is 1. The molecule has 0 aliphatic rings. The first-order valence-electron chi connectivity index (χ1n) is 6.82. The predicted molar refractivity (Wildman–Crippen MR) is 84.2 cm³/mol. The largest absolute Gasteiger partial charge is 0.492 e. The number of benzene rings is 2. The third-order valence-corrected chi connectivity index (χ3v) is 4.90. The van der Waals surface area contributed by atoms with Gasteiger partial charge in [-0.15, -0.1) is 0 Å². The minimum absolute atomic E-state index is 0.0605. The van der Waals surface area contributed by atoms with Crippen LogP contribution in [0.3, 0.4) is 0 Å². The van der Waals surface area contributed by atoms with E-state index >= 15 is 0 Å². The van der Waals surface area contributed by atoms with Crippen molar-refractivity contribution in [3.63, 3.8) is 0 Å². The highest BCUT2D eigenvalue weighted by Gasteiger charge is 2.14. The number of hydrogen-bond acceptors (Lipinski definition) is 4. The lowest BCUT2D eigenvalue weighted by Crippen LogP contribution is -2.14. The second-order valence-corrected chi connectivity index (χ2v) is 6.81. The summed E-state index contributed by atoms with van der Waals surface area (Å²) in [7, 11) is -3.35. The van der Waals surface area contributed by atoms with Gasteiger partial charge in [-0.1, -0.05) is 25.1 Å². The van der Waals surface area contributed by atoms with Crippen molar-refractivity contribution in [1.82, 2.24) is 0 Å². The van der Waals surface area contributed by atoms with Crippen LogP contribution in [0.5, 0.6) is 5.75 Å². The third-order valence-electron chi connectivity index (χ3n) is 3.20. The quantitative estimate of drug-likeness (QED) is 0.833. The van der Waals surface area contributed by atoms with Crippen LogP contribution in [-0.2, 0) is 16.3 Å². The molecule has 0 heterocycles. The number of sulfone groups is 1. The molecule has 0 aromatic heterocycles. The maximum absolute atomic E-state index is 12.2. The maximum atomic E-state index is 12.2. The summed E-state index contributed by atoms with van der Waals surface area (Å²) in [5, 5.41) is 0. The van der Waals surface area contributed by atoms with Gasteiger partial charge < -0.3 is 10.5 Å². The molecule has 0 unspecified atom stereocenters. The SMILES string of the molecule is CCc1ccccc1OCCS(=O)(=O)c1ccc(N)cc1. The van der Waals surface area contributed by atoms with Crippen molar-refractivity contribution in [2.24, 2.45) is 0 Å². The van der Waals surface area contributed by atoms with Gasteiger partial charge in [0.05, 0.1) is 10.6 Å². The summed E-state index contributed by atoms with van der Waals surface area (Å²) in [5.74, 6) is 0.683. The number of para-hydroxylation sites is 1. The summed E-state index contributed by atoms with van der Waals surface area (Å²) in [6.45, 7) is 2.16. The molecule has 0 amide bonds. The fraction of sp³-hybridized carbons (Fsp3) is 0.250.